The van der Waals surface area contributed by atoms with Crippen LogP contribution in [0.3, 0.4) is 0 Å². The average Bonchev–Trinajstić information content (AvgIpc) is 2.98. The molecule has 2 N–H and O–H groups in total. The summed E-state index contributed by atoms with van der Waals surface area (Å²) >= 11 is 0. The molecule has 2 heterocycles. The van der Waals surface area contributed by atoms with Crippen LogP contribution < -0.4 is 5.32 Å². The molecule has 0 saturated carbocycles. The van der Waals surface area contributed by atoms with E-state index in [0.717, 1.165) is 0 Å². The molecular formula is C13H22N2O5. The fraction of sp³-hybridized carbons (Fsp3) is 0.846. The van der Waals surface area contributed by atoms with Crippen molar-refractivity contribution in [2.75, 3.05) is 32.9 Å². The van der Waals surface area contributed by atoms with Crippen LogP contribution in [0, 0.1) is 5.41 Å². The van der Waals surface area contributed by atoms with Gasteiger partial charge in [0.25, 0.3) is 0 Å². The Labute approximate surface area is 118 Å². The minimum atomic E-state index is -0.857. The van der Waals surface area contributed by atoms with Crippen molar-refractivity contribution in [2.45, 2.75) is 32.4 Å². The van der Waals surface area contributed by atoms with Gasteiger partial charge in [-0.25, -0.2) is 4.79 Å². The molecule has 2 aliphatic rings. The molecule has 3 atom stereocenters. The van der Waals surface area contributed by atoms with Gasteiger partial charge >= 0.3 is 12.0 Å². The monoisotopic (exact) mass is 286 g/mol. The van der Waals surface area contributed by atoms with Gasteiger partial charge in [0.2, 0.25) is 0 Å². The second-order valence-electron chi connectivity index (χ2n) is 5.62. The smallest absolute Gasteiger partial charge is 0.317 e. The Morgan fingerprint density at radius 2 is 2.25 bits per heavy atom. The fourth-order valence-electron chi connectivity index (χ4n) is 2.61. The molecule has 7 nitrogen and oxygen atoms in total. The number of urea groups is 1. The first-order valence-corrected chi connectivity index (χ1v) is 6.94. The highest BCUT2D eigenvalue weighted by molar-refractivity contribution is 5.79. The van der Waals surface area contributed by atoms with E-state index in [1.54, 1.807) is 11.8 Å². The topological polar surface area (TPSA) is 88.1 Å². The maximum Gasteiger partial charge on any atom is 0.317 e. The highest BCUT2D eigenvalue weighted by atomic mass is 16.5. The van der Waals surface area contributed by atoms with Crippen molar-refractivity contribution in [2.24, 2.45) is 5.41 Å². The van der Waals surface area contributed by atoms with Gasteiger partial charge in [-0.1, -0.05) is 0 Å². The van der Waals surface area contributed by atoms with Gasteiger partial charge in [-0.15, -0.1) is 0 Å². The first kappa shape index (κ1) is 15.1. The van der Waals surface area contributed by atoms with E-state index >= 15 is 0 Å². The molecular weight excluding hydrogens is 264 g/mol. The van der Waals surface area contributed by atoms with Gasteiger partial charge in [0.15, 0.2) is 0 Å². The maximum atomic E-state index is 12.2. The molecule has 0 aliphatic carbocycles. The van der Waals surface area contributed by atoms with Crippen LogP contribution in [-0.4, -0.2) is 67.1 Å². The number of nitrogens with zero attached hydrogens (tertiary/aromatic N) is 1. The summed E-state index contributed by atoms with van der Waals surface area (Å²) in [5.74, 6) is -0.857. The zero-order valence-electron chi connectivity index (χ0n) is 11.9. The van der Waals surface area contributed by atoms with Crippen LogP contribution in [0.25, 0.3) is 0 Å². The number of carboxylic acids is 1. The van der Waals surface area contributed by atoms with Gasteiger partial charge < -0.3 is 24.8 Å². The van der Waals surface area contributed by atoms with Gasteiger partial charge in [-0.3, -0.25) is 4.79 Å². The molecule has 0 aromatic rings. The van der Waals surface area contributed by atoms with Crippen LogP contribution in [-0.2, 0) is 14.3 Å². The number of carbonyl (C=O) groups excluding carboxylic acids is 1. The van der Waals surface area contributed by atoms with Crippen LogP contribution in [0.2, 0.25) is 0 Å². The second-order valence-corrected chi connectivity index (χ2v) is 5.62. The van der Waals surface area contributed by atoms with E-state index in [0.29, 0.717) is 32.8 Å². The third-order valence-corrected chi connectivity index (χ3v) is 3.99. The molecule has 114 valence electrons. The Hall–Kier alpha value is -1.34. The molecule has 0 spiro atoms. The van der Waals surface area contributed by atoms with Gasteiger partial charge in [0, 0.05) is 19.7 Å². The minimum Gasteiger partial charge on any atom is -0.481 e. The average molecular weight is 286 g/mol. The lowest BCUT2D eigenvalue weighted by molar-refractivity contribution is -0.147. The summed E-state index contributed by atoms with van der Waals surface area (Å²) in [6, 6.07) is -0.408. The quantitative estimate of drug-likeness (QED) is 0.776. The van der Waals surface area contributed by atoms with Crippen molar-refractivity contribution >= 4 is 12.0 Å². The van der Waals surface area contributed by atoms with Crippen molar-refractivity contribution in [1.29, 1.82) is 0 Å². The largest absolute Gasteiger partial charge is 0.481 e. The first-order valence-electron chi connectivity index (χ1n) is 6.94. The lowest BCUT2D eigenvalue weighted by atomic mass is 9.90. The minimum absolute atomic E-state index is 0.127. The van der Waals surface area contributed by atoms with Crippen LogP contribution in [0.15, 0.2) is 0 Å². The standard InChI is InChI=1S/C13H22N2O5/c1-3-20-10-7-19-6-9(10)14-12(18)15-5-4-13(2,8-15)11(16)17/h9-10H,3-8H2,1-2H3,(H,14,18)(H,16,17)/t9-,10-,13?/m1/s1. The van der Waals surface area contributed by atoms with E-state index < -0.39 is 11.4 Å². The summed E-state index contributed by atoms with van der Waals surface area (Å²) in [5, 5.41) is 12.0. The summed E-state index contributed by atoms with van der Waals surface area (Å²) in [6.45, 7) is 5.75. The Morgan fingerprint density at radius 3 is 2.85 bits per heavy atom. The van der Waals surface area contributed by atoms with Gasteiger partial charge in [-0.05, 0) is 20.3 Å². The van der Waals surface area contributed by atoms with Crippen LogP contribution in [0.4, 0.5) is 4.79 Å². The molecule has 7 heteroatoms. The van der Waals surface area contributed by atoms with E-state index in [1.807, 2.05) is 6.92 Å². The molecule has 2 saturated heterocycles. The van der Waals surface area contributed by atoms with Crippen LogP contribution in [0.1, 0.15) is 20.3 Å². The molecule has 20 heavy (non-hydrogen) atoms. The Morgan fingerprint density at radius 1 is 1.50 bits per heavy atom. The summed E-state index contributed by atoms with van der Waals surface area (Å²) in [4.78, 5) is 24.9. The Balaban J connectivity index is 1.88. The van der Waals surface area contributed by atoms with E-state index in [9.17, 15) is 9.59 Å². The number of hydrogen-bond acceptors (Lipinski definition) is 4. The second kappa shape index (κ2) is 5.97. The highest BCUT2D eigenvalue weighted by Crippen LogP contribution is 2.30. The third kappa shape index (κ3) is 3.04. The highest BCUT2D eigenvalue weighted by Gasteiger charge is 2.43. The van der Waals surface area contributed by atoms with Crippen LogP contribution in [0.5, 0.6) is 0 Å². The number of carboxylic acid groups (broad SMARTS) is 1. The zero-order valence-corrected chi connectivity index (χ0v) is 11.9. The first-order chi connectivity index (χ1) is 9.46. The summed E-state index contributed by atoms with van der Waals surface area (Å²) in [6.07, 6.45) is 0.351. The van der Waals surface area contributed by atoms with E-state index in [1.165, 1.54) is 0 Å². The number of likely N-dealkylation sites (tertiary alicyclic amines) is 1. The van der Waals surface area contributed by atoms with Gasteiger partial charge in [-0.2, -0.15) is 0 Å². The molecule has 2 aliphatic heterocycles. The molecule has 0 bridgehead atoms. The van der Waals surface area contributed by atoms with Gasteiger partial charge in [0.1, 0.15) is 6.10 Å². The number of amides is 2. The van der Waals surface area contributed by atoms with Crippen molar-refractivity contribution in [3.8, 4) is 0 Å². The van der Waals surface area contributed by atoms with Gasteiger partial charge in [0.05, 0.1) is 24.7 Å². The number of rotatable bonds is 4. The Bertz CT molecular complexity index is 389. The predicted molar refractivity (Wildman–Crippen MR) is 70.5 cm³/mol. The molecule has 0 radical (unpaired) electrons. The number of carbonyl (C=O) groups is 2. The van der Waals surface area contributed by atoms with E-state index in [2.05, 4.69) is 5.32 Å². The summed E-state index contributed by atoms with van der Waals surface area (Å²) in [5.41, 5.74) is -0.844. The fourth-order valence-corrected chi connectivity index (χ4v) is 2.61. The molecule has 2 amide bonds. The maximum absolute atomic E-state index is 12.2. The van der Waals surface area contributed by atoms with E-state index in [4.69, 9.17) is 14.6 Å². The number of hydrogen-bond donors (Lipinski definition) is 2. The lowest BCUT2D eigenvalue weighted by Crippen LogP contribution is -2.49. The third-order valence-electron chi connectivity index (χ3n) is 3.99. The van der Waals surface area contributed by atoms with Crippen molar-refractivity contribution in [3.63, 3.8) is 0 Å². The molecule has 0 aromatic heterocycles. The molecule has 2 fully saturated rings. The summed E-state index contributed by atoms with van der Waals surface area (Å²) < 4.78 is 10.8. The van der Waals surface area contributed by atoms with Crippen molar-refractivity contribution < 1.29 is 24.2 Å². The molecule has 2 rings (SSSR count). The van der Waals surface area contributed by atoms with Crippen LogP contribution >= 0.6 is 0 Å². The van der Waals surface area contributed by atoms with Crippen molar-refractivity contribution in [3.05, 3.63) is 0 Å². The number of nitrogens with one attached hydrogen (secondary N) is 1. The normalized spacial score (nSPS) is 33.4. The number of aliphatic carboxylic acids is 1. The number of ether oxygens (including phenoxy) is 2. The SMILES string of the molecule is CCO[C@@H]1COC[C@H]1NC(=O)N1CCC(C)(C(=O)O)C1. The molecule has 1 unspecified atom stereocenters. The van der Waals surface area contributed by atoms with Crippen molar-refractivity contribution in [1.82, 2.24) is 10.2 Å². The molecule has 0 aromatic carbocycles. The predicted octanol–water partition coefficient (Wildman–Crippen LogP) is 0.297. The zero-order chi connectivity index (χ0) is 14.8. The van der Waals surface area contributed by atoms with E-state index in [-0.39, 0.29) is 24.7 Å². The Kier molecular flexibility index (Phi) is 4.49. The lowest BCUT2D eigenvalue weighted by Gasteiger charge is -2.24. The summed E-state index contributed by atoms with van der Waals surface area (Å²) in [7, 11) is 0.